The Morgan fingerprint density at radius 2 is 1.97 bits per heavy atom. The van der Waals surface area contributed by atoms with Gasteiger partial charge in [-0.3, -0.25) is 0 Å². The largest absolute Gasteiger partial charge is 0.495 e. The third kappa shape index (κ3) is 4.87. The number of nitrogens with zero attached hydrogens (tertiary/aromatic N) is 4. The number of hydrogen-bond donors (Lipinski definition) is 2. The van der Waals surface area contributed by atoms with Crippen LogP contribution in [0.3, 0.4) is 0 Å². The molecular formula is C23H26ClN5O3. The molecule has 2 N–H and O–H groups in total. The molecular weight excluding hydrogens is 430 g/mol. The van der Waals surface area contributed by atoms with Crippen LogP contribution < -0.4 is 15.0 Å². The zero-order valence-electron chi connectivity index (χ0n) is 18.1. The zero-order valence-corrected chi connectivity index (χ0v) is 18.8. The molecule has 8 nitrogen and oxygen atoms in total. The molecule has 0 radical (unpaired) electrons. The van der Waals surface area contributed by atoms with Crippen molar-refractivity contribution >= 4 is 40.2 Å². The summed E-state index contributed by atoms with van der Waals surface area (Å²) in [6.45, 7) is 2.02. The topological polar surface area (TPSA) is 92.1 Å². The molecule has 32 heavy (non-hydrogen) atoms. The van der Waals surface area contributed by atoms with Crippen molar-refractivity contribution < 1.29 is 14.7 Å². The van der Waals surface area contributed by atoms with Crippen LogP contribution in [0.4, 0.5) is 11.6 Å². The molecule has 0 bridgehead atoms. The van der Waals surface area contributed by atoms with E-state index in [2.05, 4.69) is 25.6 Å². The summed E-state index contributed by atoms with van der Waals surface area (Å²) in [7, 11) is 3.11. The van der Waals surface area contributed by atoms with Crippen molar-refractivity contribution in [2.75, 3.05) is 37.5 Å². The molecule has 9 heteroatoms. The van der Waals surface area contributed by atoms with Gasteiger partial charge >= 0.3 is 0 Å². The van der Waals surface area contributed by atoms with Crippen molar-refractivity contribution in [3.05, 3.63) is 52.5 Å². The number of ether oxygens (including phenoxy) is 1. The quantitative estimate of drug-likeness (QED) is 0.413. The molecule has 3 aromatic rings. The maximum absolute atomic E-state index is 9.86. The third-order valence-electron chi connectivity index (χ3n) is 5.53. The average Bonchev–Trinajstić information content (AvgIpc) is 2.81. The summed E-state index contributed by atoms with van der Waals surface area (Å²) in [6.07, 6.45) is 2.85. The van der Waals surface area contributed by atoms with E-state index < -0.39 is 0 Å². The summed E-state index contributed by atoms with van der Waals surface area (Å²) in [6, 6.07) is 11.7. The van der Waals surface area contributed by atoms with E-state index in [1.54, 1.807) is 13.3 Å². The molecule has 1 fully saturated rings. The van der Waals surface area contributed by atoms with Gasteiger partial charge in [-0.2, -0.15) is 0 Å². The average molecular weight is 456 g/mol. The summed E-state index contributed by atoms with van der Waals surface area (Å²) in [5.74, 6) is 2.12. The standard InChI is InChI=1S/C23H26ClN5O3/c1-31-21-6-4-16(12-20(21)24)13-25-22-19-11-15(14-26-32-2)3-5-18(19)23(28-27-22)29-9-7-17(30)8-10-29/h3-6,11-12,14,17,30H,7-10,13H2,1-2H3,(H,25,27). The summed E-state index contributed by atoms with van der Waals surface area (Å²) in [5, 5.41) is 28.6. The van der Waals surface area contributed by atoms with Crippen molar-refractivity contribution in [3.63, 3.8) is 0 Å². The number of fused-ring (bicyclic) bond motifs is 1. The molecule has 1 aliphatic heterocycles. The first-order chi connectivity index (χ1) is 15.6. The van der Waals surface area contributed by atoms with Crippen LogP contribution in [-0.2, 0) is 11.4 Å². The molecule has 1 aliphatic rings. The van der Waals surface area contributed by atoms with Crippen molar-refractivity contribution in [2.24, 2.45) is 5.16 Å². The van der Waals surface area contributed by atoms with Gasteiger partial charge in [0.2, 0.25) is 0 Å². The number of oxime groups is 1. The minimum Gasteiger partial charge on any atom is -0.495 e. The lowest BCUT2D eigenvalue weighted by molar-refractivity contribution is 0.145. The van der Waals surface area contributed by atoms with Crippen LogP contribution in [0.15, 0.2) is 41.6 Å². The molecule has 1 saturated heterocycles. The predicted molar refractivity (Wildman–Crippen MR) is 127 cm³/mol. The lowest BCUT2D eigenvalue weighted by Crippen LogP contribution is -2.36. The Labute approximate surface area is 191 Å². The van der Waals surface area contributed by atoms with Crippen LogP contribution in [0.2, 0.25) is 5.02 Å². The molecule has 0 spiro atoms. The van der Waals surface area contributed by atoms with E-state index in [-0.39, 0.29) is 6.10 Å². The van der Waals surface area contributed by atoms with Gasteiger partial charge in [0, 0.05) is 30.4 Å². The van der Waals surface area contributed by atoms with Crippen molar-refractivity contribution in [3.8, 4) is 5.75 Å². The number of halogens is 1. The minimum absolute atomic E-state index is 0.250. The van der Waals surface area contributed by atoms with Crippen molar-refractivity contribution in [1.29, 1.82) is 0 Å². The molecule has 0 amide bonds. The van der Waals surface area contributed by atoms with E-state index in [1.807, 2.05) is 36.4 Å². The van der Waals surface area contributed by atoms with Crippen LogP contribution in [-0.4, -0.2) is 54.9 Å². The highest BCUT2D eigenvalue weighted by Gasteiger charge is 2.21. The Kier molecular flexibility index (Phi) is 6.92. The number of aliphatic hydroxyl groups is 1. The van der Waals surface area contributed by atoms with E-state index in [0.717, 1.165) is 53.6 Å². The number of anilines is 2. The fourth-order valence-electron chi connectivity index (χ4n) is 3.80. The summed E-state index contributed by atoms with van der Waals surface area (Å²) >= 11 is 6.26. The second-order valence-electron chi connectivity index (χ2n) is 7.63. The Bertz CT molecular complexity index is 1120. The van der Waals surface area contributed by atoms with Gasteiger partial charge in [0.1, 0.15) is 12.9 Å². The lowest BCUT2D eigenvalue weighted by atomic mass is 10.1. The summed E-state index contributed by atoms with van der Waals surface area (Å²) in [4.78, 5) is 7.00. The Morgan fingerprint density at radius 3 is 2.69 bits per heavy atom. The number of methoxy groups -OCH3 is 1. The van der Waals surface area contributed by atoms with E-state index in [9.17, 15) is 5.11 Å². The molecule has 0 aliphatic carbocycles. The Hall–Kier alpha value is -3.10. The van der Waals surface area contributed by atoms with Gasteiger partial charge in [-0.05, 0) is 48.2 Å². The van der Waals surface area contributed by atoms with Crippen LogP contribution in [0.5, 0.6) is 5.75 Å². The van der Waals surface area contributed by atoms with Gasteiger partial charge in [-0.1, -0.05) is 28.9 Å². The molecule has 0 saturated carbocycles. The first-order valence-corrected chi connectivity index (χ1v) is 10.8. The van der Waals surface area contributed by atoms with Gasteiger partial charge < -0.3 is 24.9 Å². The van der Waals surface area contributed by atoms with Gasteiger partial charge in [0.15, 0.2) is 11.6 Å². The van der Waals surface area contributed by atoms with E-state index in [0.29, 0.717) is 23.1 Å². The molecule has 0 unspecified atom stereocenters. The minimum atomic E-state index is -0.250. The van der Waals surface area contributed by atoms with Gasteiger partial charge in [0.05, 0.1) is 24.5 Å². The number of hydrogen-bond acceptors (Lipinski definition) is 8. The first-order valence-electron chi connectivity index (χ1n) is 10.5. The Balaban J connectivity index is 1.67. The second-order valence-corrected chi connectivity index (χ2v) is 8.04. The highest BCUT2D eigenvalue weighted by molar-refractivity contribution is 6.32. The smallest absolute Gasteiger partial charge is 0.159 e. The number of aromatic nitrogens is 2. The SMILES string of the molecule is CON=Cc1ccc2c(N3CCC(O)CC3)nnc(NCc3ccc(OC)c(Cl)c3)c2c1. The number of nitrogens with one attached hydrogen (secondary N) is 1. The van der Waals surface area contributed by atoms with E-state index in [1.165, 1.54) is 7.11 Å². The zero-order chi connectivity index (χ0) is 22.5. The van der Waals surface area contributed by atoms with Crippen LogP contribution in [0.25, 0.3) is 10.8 Å². The highest BCUT2D eigenvalue weighted by atomic mass is 35.5. The molecule has 2 aromatic carbocycles. The number of benzene rings is 2. The van der Waals surface area contributed by atoms with Crippen LogP contribution in [0, 0.1) is 0 Å². The maximum Gasteiger partial charge on any atom is 0.159 e. The fraction of sp³-hybridized carbons (Fsp3) is 0.348. The van der Waals surface area contributed by atoms with Crippen LogP contribution >= 0.6 is 11.6 Å². The molecule has 2 heterocycles. The number of piperidine rings is 1. The second kappa shape index (κ2) is 10.0. The molecule has 1 aromatic heterocycles. The Morgan fingerprint density at radius 1 is 1.16 bits per heavy atom. The monoisotopic (exact) mass is 455 g/mol. The first kappa shape index (κ1) is 22.1. The van der Waals surface area contributed by atoms with E-state index in [4.69, 9.17) is 21.2 Å². The van der Waals surface area contributed by atoms with Gasteiger partial charge in [0.25, 0.3) is 0 Å². The molecule has 168 valence electrons. The van der Waals surface area contributed by atoms with Crippen LogP contribution in [0.1, 0.15) is 24.0 Å². The molecule has 4 rings (SSSR count). The lowest BCUT2D eigenvalue weighted by Gasteiger charge is -2.31. The number of aliphatic hydroxyl groups excluding tert-OH is 1. The van der Waals surface area contributed by atoms with Gasteiger partial charge in [-0.15, -0.1) is 10.2 Å². The number of rotatable bonds is 7. The summed E-state index contributed by atoms with van der Waals surface area (Å²) in [5.41, 5.74) is 1.89. The van der Waals surface area contributed by atoms with Crippen molar-refractivity contribution in [2.45, 2.75) is 25.5 Å². The fourth-order valence-corrected chi connectivity index (χ4v) is 4.08. The maximum atomic E-state index is 9.86. The normalized spacial score (nSPS) is 14.8. The van der Waals surface area contributed by atoms with E-state index >= 15 is 0 Å². The molecule has 0 atom stereocenters. The van der Waals surface area contributed by atoms with Gasteiger partial charge in [-0.25, -0.2) is 0 Å². The summed E-state index contributed by atoms with van der Waals surface area (Å²) < 4.78 is 5.23. The third-order valence-corrected chi connectivity index (χ3v) is 5.83. The highest BCUT2D eigenvalue weighted by Crippen LogP contribution is 2.31. The van der Waals surface area contributed by atoms with Crippen molar-refractivity contribution in [1.82, 2.24) is 10.2 Å². The predicted octanol–water partition coefficient (Wildman–Crippen LogP) is 3.85.